The van der Waals surface area contributed by atoms with E-state index in [1.807, 2.05) is 24.3 Å². The number of hydrogen-bond donors (Lipinski definition) is 0. The van der Waals surface area contributed by atoms with E-state index >= 15 is 0 Å². The van der Waals surface area contributed by atoms with Crippen molar-refractivity contribution in [3.8, 4) is 11.8 Å². The van der Waals surface area contributed by atoms with Crippen molar-refractivity contribution in [2.75, 3.05) is 0 Å². The average Bonchev–Trinajstić information content (AvgIpc) is 2.30. The van der Waals surface area contributed by atoms with Gasteiger partial charge in [0.1, 0.15) is 5.75 Å². The normalized spacial score (nSPS) is 10.1. The molecule has 0 aliphatic heterocycles. The van der Waals surface area contributed by atoms with Gasteiger partial charge in [-0.3, -0.25) is 0 Å². The van der Waals surface area contributed by atoms with Gasteiger partial charge in [0.15, 0.2) is 0 Å². The molecule has 1 aromatic heterocycles. The Labute approximate surface area is 116 Å². The zero-order chi connectivity index (χ0) is 11.4. The highest BCUT2D eigenvalue weighted by atomic mass is 127. The van der Waals surface area contributed by atoms with Crippen molar-refractivity contribution in [1.29, 1.82) is 0 Å². The number of nitrogens with zero attached hydrogens (tertiary/aromatic N) is 2. The van der Waals surface area contributed by atoms with Crippen LogP contribution < -0.4 is 4.74 Å². The van der Waals surface area contributed by atoms with Gasteiger partial charge in [-0.05, 0) is 46.4 Å². The maximum atomic E-state index is 5.52. The lowest BCUT2D eigenvalue weighted by atomic mass is 10.3. The molecule has 0 atom stereocenters. The SMILES string of the molecule is BrCc1cnc(Oc2cccc(I)c2)nc1. The number of hydrogen-bond acceptors (Lipinski definition) is 3. The molecular formula is C11H8BrIN2O. The minimum Gasteiger partial charge on any atom is -0.424 e. The van der Waals surface area contributed by atoms with E-state index in [1.54, 1.807) is 12.4 Å². The van der Waals surface area contributed by atoms with Gasteiger partial charge in [0.25, 0.3) is 0 Å². The van der Waals surface area contributed by atoms with Gasteiger partial charge < -0.3 is 4.74 Å². The molecule has 0 radical (unpaired) electrons. The summed E-state index contributed by atoms with van der Waals surface area (Å²) in [4.78, 5) is 8.22. The summed E-state index contributed by atoms with van der Waals surface area (Å²) in [6, 6.07) is 8.12. The summed E-state index contributed by atoms with van der Waals surface area (Å²) in [5, 5.41) is 0.747. The molecule has 0 bridgehead atoms. The summed E-state index contributed by atoms with van der Waals surface area (Å²) in [6.45, 7) is 0. The molecule has 0 spiro atoms. The Balaban J connectivity index is 2.14. The van der Waals surface area contributed by atoms with Gasteiger partial charge in [-0.1, -0.05) is 22.0 Å². The van der Waals surface area contributed by atoms with E-state index in [1.165, 1.54) is 0 Å². The largest absolute Gasteiger partial charge is 0.424 e. The summed E-state index contributed by atoms with van der Waals surface area (Å²) < 4.78 is 6.63. The molecule has 1 heterocycles. The Kier molecular flexibility index (Phi) is 4.11. The molecule has 0 fully saturated rings. The van der Waals surface area contributed by atoms with Crippen LogP contribution >= 0.6 is 38.5 Å². The Morgan fingerprint density at radius 3 is 2.62 bits per heavy atom. The summed E-state index contributed by atoms with van der Waals surface area (Å²) in [5.41, 5.74) is 1.02. The highest BCUT2D eigenvalue weighted by Crippen LogP contribution is 2.19. The monoisotopic (exact) mass is 390 g/mol. The van der Waals surface area contributed by atoms with Gasteiger partial charge in [0.05, 0.1) is 0 Å². The molecule has 3 nitrogen and oxygen atoms in total. The number of alkyl halides is 1. The van der Waals surface area contributed by atoms with E-state index in [0.29, 0.717) is 6.01 Å². The summed E-state index contributed by atoms with van der Waals surface area (Å²) in [6.07, 6.45) is 3.48. The van der Waals surface area contributed by atoms with Crippen LogP contribution in [0.15, 0.2) is 36.7 Å². The Morgan fingerprint density at radius 1 is 1.25 bits per heavy atom. The zero-order valence-electron chi connectivity index (χ0n) is 8.23. The first-order chi connectivity index (χ1) is 7.78. The van der Waals surface area contributed by atoms with Crippen LogP contribution in [0, 0.1) is 3.57 Å². The first kappa shape index (κ1) is 11.8. The Bertz CT molecular complexity index is 476. The molecular weight excluding hydrogens is 383 g/mol. The standard InChI is InChI=1S/C11H8BrIN2O/c12-5-8-6-14-11(15-7-8)16-10-3-1-2-9(13)4-10/h1-4,6-7H,5H2. The van der Waals surface area contributed by atoms with Crippen LogP contribution in [0.3, 0.4) is 0 Å². The molecule has 0 amide bonds. The van der Waals surface area contributed by atoms with Gasteiger partial charge >= 0.3 is 6.01 Å². The fraction of sp³-hybridized carbons (Fsp3) is 0.0909. The van der Waals surface area contributed by atoms with Crippen LogP contribution in [0.25, 0.3) is 0 Å². The second-order valence-corrected chi connectivity index (χ2v) is 4.87. The summed E-state index contributed by atoms with van der Waals surface area (Å²) in [7, 11) is 0. The van der Waals surface area contributed by atoms with Crippen molar-refractivity contribution >= 4 is 38.5 Å². The van der Waals surface area contributed by atoms with Crippen LogP contribution in [0.2, 0.25) is 0 Å². The molecule has 2 aromatic rings. The van der Waals surface area contributed by atoms with Crippen molar-refractivity contribution in [3.05, 3.63) is 45.8 Å². The van der Waals surface area contributed by atoms with E-state index in [0.717, 1.165) is 20.2 Å². The minimum atomic E-state index is 0.367. The molecule has 0 aliphatic carbocycles. The van der Waals surface area contributed by atoms with E-state index < -0.39 is 0 Å². The van der Waals surface area contributed by atoms with E-state index in [2.05, 4.69) is 48.5 Å². The van der Waals surface area contributed by atoms with Gasteiger partial charge in [-0.15, -0.1) is 0 Å². The second-order valence-electron chi connectivity index (χ2n) is 3.07. The summed E-state index contributed by atoms with van der Waals surface area (Å²) in [5.74, 6) is 0.749. The van der Waals surface area contributed by atoms with Crippen LogP contribution in [0.1, 0.15) is 5.56 Å². The number of halogens is 2. The molecule has 5 heteroatoms. The molecule has 2 rings (SSSR count). The highest BCUT2D eigenvalue weighted by molar-refractivity contribution is 14.1. The summed E-state index contributed by atoms with van der Waals surface area (Å²) >= 11 is 5.57. The third-order valence-corrected chi connectivity index (χ3v) is 3.16. The lowest BCUT2D eigenvalue weighted by molar-refractivity contribution is 0.441. The minimum absolute atomic E-state index is 0.367. The van der Waals surface area contributed by atoms with Gasteiger partial charge in [-0.2, -0.15) is 0 Å². The maximum Gasteiger partial charge on any atom is 0.321 e. The quantitative estimate of drug-likeness (QED) is 0.591. The van der Waals surface area contributed by atoms with Crippen LogP contribution in [0.4, 0.5) is 0 Å². The maximum absolute atomic E-state index is 5.52. The molecule has 0 aliphatic rings. The first-order valence-electron chi connectivity index (χ1n) is 4.58. The van der Waals surface area contributed by atoms with Crippen molar-refractivity contribution < 1.29 is 4.74 Å². The van der Waals surface area contributed by atoms with Crippen molar-refractivity contribution in [3.63, 3.8) is 0 Å². The smallest absolute Gasteiger partial charge is 0.321 e. The predicted octanol–water partition coefficient (Wildman–Crippen LogP) is 3.77. The molecule has 0 saturated heterocycles. The fourth-order valence-electron chi connectivity index (χ4n) is 1.10. The topological polar surface area (TPSA) is 35.0 Å². The molecule has 0 unspecified atom stereocenters. The zero-order valence-corrected chi connectivity index (χ0v) is 12.0. The van der Waals surface area contributed by atoms with E-state index in [4.69, 9.17) is 4.74 Å². The number of aromatic nitrogens is 2. The number of rotatable bonds is 3. The van der Waals surface area contributed by atoms with Crippen LogP contribution in [-0.4, -0.2) is 9.97 Å². The first-order valence-corrected chi connectivity index (χ1v) is 6.78. The molecule has 16 heavy (non-hydrogen) atoms. The van der Waals surface area contributed by atoms with Crippen LogP contribution in [0.5, 0.6) is 11.8 Å². The number of ether oxygens (including phenoxy) is 1. The second kappa shape index (κ2) is 5.58. The lowest BCUT2D eigenvalue weighted by Gasteiger charge is -2.03. The van der Waals surface area contributed by atoms with Gasteiger partial charge in [0, 0.05) is 21.3 Å². The fourth-order valence-corrected chi connectivity index (χ4v) is 1.90. The van der Waals surface area contributed by atoms with E-state index in [-0.39, 0.29) is 0 Å². The van der Waals surface area contributed by atoms with Crippen LogP contribution in [-0.2, 0) is 5.33 Å². The third-order valence-electron chi connectivity index (χ3n) is 1.84. The highest BCUT2D eigenvalue weighted by Gasteiger charge is 2.00. The predicted molar refractivity (Wildman–Crippen MR) is 73.9 cm³/mol. The molecule has 0 N–H and O–H groups in total. The van der Waals surface area contributed by atoms with Gasteiger partial charge in [-0.25, -0.2) is 9.97 Å². The molecule has 0 saturated carbocycles. The van der Waals surface area contributed by atoms with Crippen molar-refractivity contribution in [2.24, 2.45) is 0 Å². The van der Waals surface area contributed by atoms with Gasteiger partial charge in [0.2, 0.25) is 0 Å². The van der Waals surface area contributed by atoms with Crippen molar-refractivity contribution in [2.45, 2.75) is 5.33 Å². The Morgan fingerprint density at radius 2 is 2.00 bits per heavy atom. The average molecular weight is 391 g/mol. The molecule has 1 aromatic carbocycles. The van der Waals surface area contributed by atoms with Crippen molar-refractivity contribution in [1.82, 2.24) is 9.97 Å². The molecule has 82 valence electrons. The Hall–Kier alpha value is -0.690. The third kappa shape index (κ3) is 3.15. The van der Waals surface area contributed by atoms with E-state index in [9.17, 15) is 0 Å². The number of benzene rings is 1. The lowest BCUT2D eigenvalue weighted by Crippen LogP contribution is -1.92.